The minimum absolute atomic E-state index is 0.143. The Kier molecular flexibility index (Phi) is 3.90. The zero-order valence-electron chi connectivity index (χ0n) is 9.74. The number of hydrogen-bond acceptors (Lipinski definition) is 3. The van der Waals surface area contributed by atoms with Crippen LogP contribution in [0.15, 0.2) is 27.6 Å². The molecule has 2 rings (SSSR count). The molecule has 1 aliphatic heterocycles. The lowest BCUT2D eigenvalue weighted by Gasteiger charge is -2.18. The van der Waals surface area contributed by atoms with Gasteiger partial charge in [0.2, 0.25) is 0 Å². The van der Waals surface area contributed by atoms with Gasteiger partial charge in [0.15, 0.2) is 9.84 Å². The van der Waals surface area contributed by atoms with Crippen LogP contribution in [0.4, 0.5) is 0 Å². The van der Waals surface area contributed by atoms with Crippen molar-refractivity contribution in [2.45, 2.75) is 30.7 Å². The molecular weight excluding hydrogens is 302 g/mol. The van der Waals surface area contributed by atoms with Crippen LogP contribution in [0.3, 0.4) is 0 Å². The second kappa shape index (κ2) is 5.08. The van der Waals surface area contributed by atoms with Gasteiger partial charge in [0.1, 0.15) is 0 Å². The van der Waals surface area contributed by atoms with E-state index in [9.17, 15) is 8.42 Å². The monoisotopic (exact) mass is 317 g/mol. The average molecular weight is 318 g/mol. The Labute approximate surface area is 111 Å². The lowest BCUT2D eigenvalue weighted by molar-refractivity contribution is 0.508. The maximum Gasteiger partial charge on any atom is 0.179 e. The van der Waals surface area contributed by atoms with Crippen molar-refractivity contribution in [1.82, 2.24) is 5.32 Å². The van der Waals surface area contributed by atoms with E-state index in [-0.39, 0.29) is 11.8 Å². The van der Waals surface area contributed by atoms with Gasteiger partial charge in [-0.25, -0.2) is 8.42 Å². The van der Waals surface area contributed by atoms with Gasteiger partial charge < -0.3 is 5.32 Å². The van der Waals surface area contributed by atoms with E-state index < -0.39 is 9.84 Å². The van der Waals surface area contributed by atoms with Crippen molar-refractivity contribution >= 4 is 25.8 Å². The molecule has 0 fully saturated rings. The fraction of sp³-hybridized carbons (Fsp3) is 0.500. The highest BCUT2D eigenvalue weighted by molar-refractivity contribution is 9.10. The van der Waals surface area contributed by atoms with Crippen LogP contribution in [0.25, 0.3) is 0 Å². The largest absolute Gasteiger partial charge is 0.310 e. The molecule has 0 radical (unpaired) electrons. The van der Waals surface area contributed by atoms with Crippen LogP contribution in [0.5, 0.6) is 0 Å². The topological polar surface area (TPSA) is 46.2 Å². The van der Waals surface area contributed by atoms with Crippen LogP contribution in [0.1, 0.15) is 31.4 Å². The Morgan fingerprint density at radius 2 is 2.24 bits per heavy atom. The Hall–Kier alpha value is -0.390. The summed E-state index contributed by atoms with van der Waals surface area (Å²) >= 11 is 3.36. The molecule has 1 aromatic rings. The summed E-state index contributed by atoms with van der Waals surface area (Å²) in [4.78, 5) is 0.475. The van der Waals surface area contributed by atoms with E-state index in [2.05, 4.69) is 21.2 Å². The van der Waals surface area contributed by atoms with E-state index >= 15 is 0 Å². The van der Waals surface area contributed by atoms with Gasteiger partial charge in [-0.05, 0) is 46.9 Å². The standard InChI is InChI=1S/C12H16BrNO2S/c1-2-14-11-7-4-8-17(15,16)12-9(11)5-3-6-10(12)13/h3,5-6,11,14H,2,4,7-8H2,1H3. The Morgan fingerprint density at radius 3 is 2.94 bits per heavy atom. The number of benzene rings is 1. The zero-order valence-corrected chi connectivity index (χ0v) is 12.1. The Morgan fingerprint density at radius 1 is 1.47 bits per heavy atom. The summed E-state index contributed by atoms with van der Waals surface area (Å²) in [6.45, 7) is 2.88. The third-order valence-electron chi connectivity index (χ3n) is 3.04. The molecule has 0 saturated carbocycles. The number of nitrogens with one attached hydrogen (secondary N) is 1. The van der Waals surface area contributed by atoms with Crippen molar-refractivity contribution < 1.29 is 8.42 Å². The number of sulfone groups is 1. The molecule has 1 atom stereocenters. The number of rotatable bonds is 2. The van der Waals surface area contributed by atoms with Crippen LogP contribution in [0.2, 0.25) is 0 Å². The molecule has 1 aliphatic rings. The highest BCUT2D eigenvalue weighted by Gasteiger charge is 2.28. The highest BCUT2D eigenvalue weighted by Crippen LogP contribution is 2.35. The maximum absolute atomic E-state index is 12.2. The van der Waals surface area contributed by atoms with Gasteiger partial charge in [-0.2, -0.15) is 0 Å². The molecular formula is C12H16BrNO2S. The summed E-state index contributed by atoms with van der Waals surface area (Å²) < 4.78 is 25.1. The predicted octanol–water partition coefficient (Wildman–Crippen LogP) is 2.67. The fourth-order valence-electron chi connectivity index (χ4n) is 2.32. The number of halogens is 1. The van der Waals surface area contributed by atoms with Gasteiger partial charge in [0.25, 0.3) is 0 Å². The lowest BCUT2D eigenvalue weighted by Crippen LogP contribution is -2.21. The fourth-order valence-corrected chi connectivity index (χ4v) is 5.13. The van der Waals surface area contributed by atoms with E-state index in [0.717, 1.165) is 18.5 Å². The molecule has 1 aromatic carbocycles. The smallest absolute Gasteiger partial charge is 0.179 e. The molecule has 17 heavy (non-hydrogen) atoms. The molecule has 1 N–H and O–H groups in total. The van der Waals surface area contributed by atoms with Gasteiger partial charge in [-0.1, -0.05) is 19.1 Å². The van der Waals surface area contributed by atoms with Crippen molar-refractivity contribution in [3.63, 3.8) is 0 Å². The van der Waals surface area contributed by atoms with Gasteiger partial charge in [0.05, 0.1) is 10.6 Å². The molecule has 1 unspecified atom stereocenters. The van der Waals surface area contributed by atoms with Crippen LogP contribution < -0.4 is 5.32 Å². The third kappa shape index (κ3) is 2.56. The van der Waals surface area contributed by atoms with E-state index in [1.807, 2.05) is 19.1 Å². The minimum Gasteiger partial charge on any atom is -0.310 e. The van der Waals surface area contributed by atoms with Crippen molar-refractivity contribution in [3.8, 4) is 0 Å². The van der Waals surface area contributed by atoms with Gasteiger partial charge in [0, 0.05) is 10.5 Å². The van der Waals surface area contributed by atoms with Gasteiger partial charge in [-0.3, -0.25) is 0 Å². The van der Waals surface area contributed by atoms with Crippen molar-refractivity contribution in [3.05, 3.63) is 28.2 Å². The summed E-state index contributed by atoms with van der Waals surface area (Å²) in [7, 11) is -3.15. The first-order valence-electron chi connectivity index (χ1n) is 5.81. The van der Waals surface area contributed by atoms with Crippen LogP contribution in [-0.2, 0) is 9.84 Å². The normalized spacial score (nSPS) is 22.8. The van der Waals surface area contributed by atoms with E-state index in [1.54, 1.807) is 6.07 Å². The quantitative estimate of drug-likeness (QED) is 0.912. The van der Waals surface area contributed by atoms with Crippen LogP contribution in [-0.4, -0.2) is 20.7 Å². The molecule has 0 bridgehead atoms. The first-order chi connectivity index (χ1) is 8.06. The minimum atomic E-state index is -3.15. The third-order valence-corrected chi connectivity index (χ3v) is 5.87. The van der Waals surface area contributed by atoms with Crippen molar-refractivity contribution in [2.24, 2.45) is 0 Å². The van der Waals surface area contributed by atoms with Crippen LogP contribution >= 0.6 is 15.9 Å². The second-order valence-corrected chi connectivity index (χ2v) is 7.13. The molecule has 0 aromatic heterocycles. The summed E-state index contributed by atoms with van der Waals surface area (Å²) in [6.07, 6.45) is 1.58. The Balaban J connectivity index is 2.60. The lowest BCUT2D eigenvalue weighted by atomic mass is 10.0. The zero-order chi connectivity index (χ0) is 12.5. The van der Waals surface area contributed by atoms with Crippen molar-refractivity contribution in [1.29, 1.82) is 0 Å². The summed E-state index contributed by atoms with van der Waals surface area (Å²) in [5.41, 5.74) is 0.902. The van der Waals surface area contributed by atoms with E-state index in [0.29, 0.717) is 15.8 Å². The summed E-state index contributed by atoms with van der Waals surface area (Å²) in [5.74, 6) is 0.241. The second-order valence-electron chi connectivity index (χ2n) is 4.23. The number of fused-ring (bicyclic) bond motifs is 1. The molecule has 94 valence electrons. The average Bonchev–Trinajstić information content (AvgIpc) is 2.38. The maximum atomic E-state index is 12.2. The Bertz CT molecular complexity index is 513. The number of hydrogen-bond donors (Lipinski definition) is 1. The summed E-state index contributed by atoms with van der Waals surface area (Å²) in [6, 6.07) is 5.75. The molecule has 0 spiro atoms. The first-order valence-corrected chi connectivity index (χ1v) is 8.25. The molecule has 0 amide bonds. The molecule has 5 heteroatoms. The first kappa shape index (κ1) is 13.1. The summed E-state index contributed by atoms with van der Waals surface area (Å²) in [5, 5.41) is 3.36. The molecule has 1 heterocycles. The van der Waals surface area contributed by atoms with Crippen molar-refractivity contribution in [2.75, 3.05) is 12.3 Å². The van der Waals surface area contributed by atoms with Gasteiger partial charge in [-0.15, -0.1) is 0 Å². The molecule has 0 aliphatic carbocycles. The van der Waals surface area contributed by atoms with E-state index in [1.165, 1.54) is 0 Å². The molecule has 0 saturated heterocycles. The van der Waals surface area contributed by atoms with Gasteiger partial charge >= 0.3 is 0 Å². The van der Waals surface area contributed by atoms with Crippen LogP contribution in [0, 0.1) is 0 Å². The van der Waals surface area contributed by atoms with E-state index in [4.69, 9.17) is 0 Å². The highest BCUT2D eigenvalue weighted by atomic mass is 79.9. The molecule has 3 nitrogen and oxygen atoms in total. The SMILES string of the molecule is CCNC1CCCS(=O)(=O)c2c(Br)cccc21. The predicted molar refractivity (Wildman–Crippen MR) is 71.8 cm³/mol.